The molecule has 2 aromatic carbocycles. The SMILES string of the molecule is CCSc1ccccc1C(=O)OCC(=O)N[C@H](Cc1ccccc1)C(C)=O. The second-order valence-corrected chi connectivity index (χ2v) is 7.23. The zero-order chi connectivity index (χ0) is 19.6. The van der Waals surface area contributed by atoms with Gasteiger partial charge in [0, 0.05) is 4.90 Å². The highest BCUT2D eigenvalue weighted by molar-refractivity contribution is 7.99. The fourth-order valence-electron chi connectivity index (χ4n) is 2.51. The van der Waals surface area contributed by atoms with Crippen molar-refractivity contribution in [3.8, 4) is 0 Å². The third kappa shape index (κ3) is 6.57. The number of Topliss-reactive ketones (excluding diaryl/α,β-unsaturated/α-hetero) is 1. The van der Waals surface area contributed by atoms with Crippen LogP contribution < -0.4 is 5.32 Å². The molecule has 0 bridgehead atoms. The summed E-state index contributed by atoms with van der Waals surface area (Å²) in [4.78, 5) is 37.1. The second-order valence-electron chi connectivity index (χ2n) is 5.93. The standard InChI is InChI=1S/C21H23NO4S/c1-3-27-19-12-8-7-11-17(19)21(25)26-14-20(24)22-18(15(2)23)13-16-9-5-4-6-10-16/h4-12,18H,3,13-14H2,1-2H3,(H,22,24)/t18-/m1/s1. The third-order valence-corrected chi connectivity index (χ3v) is 4.81. The van der Waals surface area contributed by atoms with Crippen LogP contribution in [0.1, 0.15) is 29.8 Å². The van der Waals surface area contributed by atoms with E-state index in [0.29, 0.717) is 12.0 Å². The van der Waals surface area contributed by atoms with Crippen molar-refractivity contribution in [2.24, 2.45) is 0 Å². The quantitative estimate of drug-likeness (QED) is 0.530. The number of ether oxygens (including phenoxy) is 1. The molecule has 0 unspecified atom stereocenters. The van der Waals surface area contributed by atoms with Gasteiger partial charge in [0.2, 0.25) is 0 Å². The zero-order valence-electron chi connectivity index (χ0n) is 15.4. The number of amides is 1. The van der Waals surface area contributed by atoms with Gasteiger partial charge in [0.1, 0.15) is 0 Å². The van der Waals surface area contributed by atoms with Crippen LogP contribution in [0, 0.1) is 0 Å². The molecule has 0 saturated heterocycles. The molecule has 1 atom stereocenters. The minimum Gasteiger partial charge on any atom is -0.452 e. The number of esters is 1. The molecule has 2 rings (SSSR count). The number of rotatable bonds is 9. The lowest BCUT2D eigenvalue weighted by molar-refractivity contribution is -0.128. The number of nitrogens with one attached hydrogen (secondary N) is 1. The number of carbonyl (C=O) groups excluding carboxylic acids is 3. The first-order valence-corrected chi connectivity index (χ1v) is 9.72. The van der Waals surface area contributed by atoms with Crippen molar-refractivity contribution in [2.45, 2.75) is 31.2 Å². The fraction of sp³-hybridized carbons (Fsp3) is 0.286. The summed E-state index contributed by atoms with van der Waals surface area (Å²) in [6.07, 6.45) is 0.395. The Morgan fingerprint density at radius 3 is 2.37 bits per heavy atom. The summed E-state index contributed by atoms with van der Waals surface area (Å²) >= 11 is 1.53. The summed E-state index contributed by atoms with van der Waals surface area (Å²) in [5, 5.41) is 2.64. The van der Waals surface area contributed by atoms with Gasteiger partial charge in [-0.3, -0.25) is 9.59 Å². The van der Waals surface area contributed by atoms with Crippen molar-refractivity contribution in [2.75, 3.05) is 12.4 Å². The maximum Gasteiger partial charge on any atom is 0.339 e. The molecule has 2 aromatic rings. The van der Waals surface area contributed by atoms with E-state index in [2.05, 4.69) is 5.32 Å². The Morgan fingerprint density at radius 1 is 1.04 bits per heavy atom. The highest BCUT2D eigenvalue weighted by Gasteiger charge is 2.19. The van der Waals surface area contributed by atoms with E-state index in [4.69, 9.17) is 4.74 Å². The smallest absolute Gasteiger partial charge is 0.339 e. The van der Waals surface area contributed by atoms with Gasteiger partial charge in [0.15, 0.2) is 12.4 Å². The van der Waals surface area contributed by atoms with Crippen LogP contribution in [-0.4, -0.2) is 36.1 Å². The first kappa shape index (κ1) is 20.7. The summed E-state index contributed by atoms with van der Waals surface area (Å²) in [7, 11) is 0. The average molecular weight is 385 g/mol. The largest absolute Gasteiger partial charge is 0.452 e. The summed E-state index contributed by atoms with van der Waals surface area (Å²) in [6.45, 7) is 3.00. The topological polar surface area (TPSA) is 72.5 Å². The molecule has 6 heteroatoms. The summed E-state index contributed by atoms with van der Waals surface area (Å²) in [5.74, 6) is -0.377. The highest BCUT2D eigenvalue weighted by Crippen LogP contribution is 2.22. The average Bonchev–Trinajstić information content (AvgIpc) is 2.67. The van der Waals surface area contributed by atoms with Gasteiger partial charge in [-0.15, -0.1) is 11.8 Å². The Labute approximate surface area is 163 Å². The zero-order valence-corrected chi connectivity index (χ0v) is 16.3. The van der Waals surface area contributed by atoms with Crippen LogP contribution >= 0.6 is 11.8 Å². The molecule has 0 aliphatic rings. The molecule has 0 saturated carbocycles. The molecule has 1 amide bonds. The normalized spacial score (nSPS) is 11.5. The number of benzene rings is 2. The molecule has 0 fully saturated rings. The van der Waals surface area contributed by atoms with Crippen molar-refractivity contribution in [3.05, 3.63) is 65.7 Å². The molecule has 0 aromatic heterocycles. The Balaban J connectivity index is 1.92. The van der Waals surface area contributed by atoms with Gasteiger partial charge in [0.25, 0.3) is 5.91 Å². The Hall–Kier alpha value is -2.60. The van der Waals surface area contributed by atoms with Gasteiger partial charge >= 0.3 is 5.97 Å². The van der Waals surface area contributed by atoms with E-state index < -0.39 is 24.5 Å². The van der Waals surface area contributed by atoms with Crippen LogP contribution in [0.4, 0.5) is 0 Å². The van der Waals surface area contributed by atoms with E-state index in [1.54, 1.807) is 12.1 Å². The van der Waals surface area contributed by atoms with Crippen LogP contribution in [0.15, 0.2) is 59.5 Å². The van der Waals surface area contributed by atoms with Crippen molar-refractivity contribution in [3.63, 3.8) is 0 Å². The van der Waals surface area contributed by atoms with Crippen LogP contribution in [-0.2, 0) is 20.7 Å². The number of hydrogen-bond acceptors (Lipinski definition) is 5. The number of thioether (sulfide) groups is 1. The minimum absolute atomic E-state index is 0.150. The summed E-state index contributed by atoms with van der Waals surface area (Å²) in [6, 6.07) is 15.9. The monoisotopic (exact) mass is 385 g/mol. The van der Waals surface area contributed by atoms with Crippen molar-refractivity contribution >= 4 is 29.4 Å². The molecule has 0 spiro atoms. The van der Waals surface area contributed by atoms with Gasteiger partial charge in [-0.1, -0.05) is 49.4 Å². The van der Waals surface area contributed by atoms with Crippen LogP contribution in [0.25, 0.3) is 0 Å². The highest BCUT2D eigenvalue weighted by atomic mass is 32.2. The second kappa shape index (κ2) is 10.5. The predicted molar refractivity (Wildman–Crippen MR) is 106 cm³/mol. The maximum absolute atomic E-state index is 12.3. The molecular weight excluding hydrogens is 362 g/mol. The molecule has 1 N–H and O–H groups in total. The molecule has 5 nitrogen and oxygen atoms in total. The summed E-state index contributed by atoms with van der Waals surface area (Å²) in [5.41, 5.74) is 1.38. The van der Waals surface area contributed by atoms with Crippen molar-refractivity contribution in [1.29, 1.82) is 0 Å². The number of hydrogen-bond donors (Lipinski definition) is 1. The van der Waals surface area contributed by atoms with Crippen LogP contribution in [0.2, 0.25) is 0 Å². The van der Waals surface area contributed by atoms with Gasteiger partial charge in [-0.2, -0.15) is 0 Å². The fourth-order valence-corrected chi connectivity index (χ4v) is 3.30. The van der Waals surface area contributed by atoms with Gasteiger partial charge in [0.05, 0.1) is 11.6 Å². The van der Waals surface area contributed by atoms with E-state index in [0.717, 1.165) is 16.2 Å². The molecule has 0 radical (unpaired) electrons. The number of carbonyl (C=O) groups is 3. The van der Waals surface area contributed by atoms with Crippen LogP contribution in [0.3, 0.4) is 0 Å². The Morgan fingerprint density at radius 2 is 1.70 bits per heavy atom. The summed E-state index contributed by atoms with van der Waals surface area (Å²) < 4.78 is 5.13. The Kier molecular flexibility index (Phi) is 8.07. The van der Waals surface area contributed by atoms with Gasteiger partial charge < -0.3 is 10.1 Å². The maximum atomic E-state index is 12.3. The van der Waals surface area contributed by atoms with E-state index in [9.17, 15) is 14.4 Å². The molecular formula is C21H23NO4S. The first-order chi connectivity index (χ1) is 13.0. The van der Waals surface area contributed by atoms with Crippen LogP contribution in [0.5, 0.6) is 0 Å². The minimum atomic E-state index is -0.651. The lowest BCUT2D eigenvalue weighted by atomic mass is 10.0. The lowest BCUT2D eigenvalue weighted by Gasteiger charge is -2.16. The third-order valence-electron chi connectivity index (χ3n) is 3.85. The molecule has 142 valence electrons. The van der Waals surface area contributed by atoms with E-state index >= 15 is 0 Å². The van der Waals surface area contributed by atoms with Gasteiger partial charge in [-0.05, 0) is 36.8 Å². The first-order valence-electron chi connectivity index (χ1n) is 8.74. The van der Waals surface area contributed by atoms with E-state index in [1.165, 1.54) is 18.7 Å². The van der Waals surface area contributed by atoms with Crippen molar-refractivity contribution < 1.29 is 19.1 Å². The predicted octanol–water partition coefficient (Wildman–Crippen LogP) is 3.27. The Bertz CT molecular complexity index is 792. The molecule has 0 aliphatic carbocycles. The number of ketones is 1. The molecule has 0 aliphatic heterocycles. The molecule has 0 heterocycles. The molecule has 27 heavy (non-hydrogen) atoms. The van der Waals surface area contributed by atoms with Gasteiger partial charge in [-0.25, -0.2) is 4.79 Å². The van der Waals surface area contributed by atoms with E-state index in [1.807, 2.05) is 49.4 Å². The van der Waals surface area contributed by atoms with Crippen molar-refractivity contribution in [1.82, 2.24) is 5.32 Å². The lowest BCUT2D eigenvalue weighted by Crippen LogP contribution is -2.43. The van der Waals surface area contributed by atoms with E-state index in [-0.39, 0.29) is 5.78 Å².